The number of carbonyl (C=O) groups is 2. The number of carbonyl (C=O) groups excluding carboxylic acids is 2. The third kappa shape index (κ3) is 3.94. The van der Waals surface area contributed by atoms with Crippen molar-refractivity contribution in [2.45, 2.75) is 25.6 Å². The molecule has 5 nitrogen and oxygen atoms in total. The second-order valence-electron chi connectivity index (χ2n) is 5.59. The maximum Gasteiger partial charge on any atom is 0.416 e. The van der Waals surface area contributed by atoms with E-state index in [9.17, 15) is 22.8 Å². The van der Waals surface area contributed by atoms with Gasteiger partial charge in [0.05, 0.1) is 17.5 Å². The number of hydrogen-bond donors (Lipinski definition) is 2. The Balaban J connectivity index is 2.07. The lowest BCUT2D eigenvalue weighted by molar-refractivity contribution is -0.138. The Hall–Kier alpha value is -2.25. The van der Waals surface area contributed by atoms with Gasteiger partial charge in [0.15, 0.2) is 0 Å². The molecule has 0 aliphatic carbocycles. The minimum Gasteiger partial charge on any atom is -0.369 e. The van der Waals surface area contributed by atoms with Crippen LogP contribution in [0.15, 0.2) is 24.3 Å². The number of nitrogens with two attached hydrogens (primary N) is 1. The third-order valence-electron chi connectivity index (χ3n) is 3.95. The molecule has 1 aromatic carbocycles. The molecular weight excluding hydrogens is 311 g/mol. The average molecular weight is 329 g/mol. The molecule has 0 spiro atoms. The van der Waals surface area contributed by atoms with Crippen LogP contribution in [-0.2, 0) is 11.0 Å². The van der Waals surface area contributed by atoms with Gasteiger partial charge in [-0.1, -0.05) is 18.2 Å². The van der Waals surface area contributed by atoms with Gasteiger partial charge in [-0.2, -0.15) is 13.2 Å². The highest BCUT2D eigenvalue weighted by molar-refractivity contribution is 5.80. The molecule has 23 heavy (non-hydrogen) atoms. The van der Waals surface area contributed by atoms with Gasteiger partial charge in [-0.25, -0.2) is 4.79 Å². The summed E-state index contributed by atoms with van der Waals surface area (Å²) in [5, 5.41) is 2.54. The molecule has 8 heteroatoms. The van der Waals surface area contributed by atoms with Crippen LogP contribution in [0.4, 0.5) is 18.0 Å². The Bertz CT molecular complexity index is 604. The molecular formula is C15H18F3N3O2. The Morgan fingerprint density at radius 1 is 1.35 bits per heavy atom. The van der Waals surface area contributed by atoms with Gasteiger partial charge in [-0.15, -0.1) is 0 Å². The van der Waals surface area contributed by atoms with Crippen molar-refractivity contribution >= 4 is 11.9 Å². The number of amides is 3. The average Bonchev–Trinajstić information content (AvgIpc) is 2.96. The van der Waals surface area contributed by atoms with Crippen LogP contribution in [0.1, 0.15) is 30.5 Å². The Morgan fingerprint density at radius 2 is 2.00 bits per heavy atom. The minimum atomic E-state index is -4.49. The van der Waals surface area contributed by atoms with Crippen LogP contribution in [0.3, 0.4) is 0 Å². The highest BCUT2D eigenvalue weighted by Crippen LogP contribution is 2.34. The van der Waals surface area contributed by atoms with E-state index in [2.05, 4.69) is 5.32 Å². The molecule has 1 fully saturated rings. The summed E-state index contributed by atoms with van der Waals surface area (Å²) in [5.41, 5.74) is 4.42. The number of primary amides is 1. The number of alkyl halides is 3. The summed E-state index contributed by atoms with van der Waals surface area (Å²) in [6.45, 7) is 2.03. The van der Waals surface area contributed by atoms with Gasteiger partial charge >= 0.3 is 12.2 Å². The number of rotatable bonds is 3. The molecule has 1 aliphatic rings. The van der Waals surface area contributed by atoms with Crippen LogP contribution in [0.2, 0.25) is 0 Å². The van der Waals surface area contributed by atoms with Crippen molar-refractivity contribution in [2.24, 2.45) is 11.7 Å². The monoisotopic (exact) mass is 329 g/mol. The zero-order chi connectivity index (χ0) is 17.2. The molecule has 1 aliphatic heterocycles. The number of hydrogen-bond acceptors (Lipinski definition) is 2. The van der Waals surface area contributed by atoms with Crippen LogP contribution in [0, 0.1) is 5.92 Å². The fraction of sp³-hybridized carbons (Fsp3) is 0.467. The summed E-state index contributed by atoms with van der Waals surface area (Å²) in [7, 11) is 0. The smallest absolute Gasteiger partial charge is 0.369 e. The lowest BCUT2D eigenvalue weighted by atomic mass is 10.0. The van der Waals surface area contributed by atoms with Crippen LogP contribution in [0.5, 0.6) is 0 Å². The summed E-state index contributed by atoms with van der Waals surface area (Å²) < 4.78 is 39.0. The van der Waals surface area contributed by atoms with Gasteiger partial charge in [0.2, 0.25) is 5.91 Å². The number of halogens is 3. The number of likely N-dealkylation sites (tertiary alicyclic amines) is 1. The van der Waals surface area contributed by atoms with Crippen molar-refractivity contribution in [3.05, 3.63) is 35.4 Å². The van der Waals surface area contributed by atoms with Crippen LogP contribution >= 0.6 is 0 Å². The molecule has 0 saturated carbocycles. The van der Waals surface area contributed by atoms with E-state index in [1.165, 1.54) is 30.0 Å². The predicted molar refractivity (Wildman–Crippen MR) is 77.3 cm³/mol. The fourth-order valence-corrected chi connectivity index (χ4v) is 2.66. The number of nitrogens with zero attached hydrogens (tertiary/aromatic N) is 1. The molecule has 2 atom stereocenters. The summed E-state index contributed by atoms with van der Waals surface area (Å²) >= 11 is 0. The van der Waals surface area contributed by atoms with E-state index in [0.717, 1.165) is 6.07 Å². The van der Waals surface area contributed by atoms with E-state index in [4.69, 9.17) is 5.73 Å². The second kappa shape index (κ2) is 6.47. The van der Waals surface area contributed by atoms with E-state index in [1.807, 2.05) is 0 Å². The standard InChI is InChI=1S/C15H18F3N3O2/c1-9(11-4-2-3-5-12(11)15(16,17)18)20-14(23)21-7-6-10(8-21)13(19)22/h2-5,9-10H,6-8H2,1H3,(H2,19,22)(H,20,23)/t9-,10+/m0/s1. The predicted octanol–water partition coefficient (Wildman–Crippen LogP) is 2.28. The second-order valence-corrected chi connectivity index (χ2v) is 5.59. The van der Waals surface area contributed by atoms with Crippen molar-refractivity contribution in [1.29, 1.82) is 0 Å². The van der Waals surface area contributed by atoms with Gasteiger partial charge in [-0.3, -0.25) is 4.79 Å². The van der Waals surface area contributed by atoms with Gasteiger partial charge in [0.1, 0.15) is 0 Å². The molecule has 2 rings (SSSR count). The first kappa shape index (κ1) is 17.1. The van der Waals surface area contributed by atoms with Crippen molar-refractivity contribution in [2.75, 3.05) is 13.1 Å². The first-order valence-corrected chi connectivity index (χ1v) is 7.21. The fourth-order valence-electron chi connectivity index (χ4n) is 2.66. The normalized spacial score (nSPS) is 19.5. The topological polar surface area (TPSA) is 75.4 Å². The zero-order valence-corrected chi connectivity index (χ0v) is 12.6. The molecule has 0 bridgehead atoms. The van der Waals surface area contributed by atoms with Gasteiger partial charge in [0.25, 0.3) is 0 Å². The van der Waals surface area contributed by atoms with Gasteiger partial charge in [-0.05, 0) is 25.0 Å². The summed E-state index contributed by atoms with van der Waals surface area (Å²) in [6, 6.07) is 3.80. The maximum atomic E-state index is 13.0. The van der Waals surface area contributed by atoms with Gasteiger partial charge < -0.3 is 16.0 Å². The first-order valence-electron chi connectivity index (χ1n) is 7.21. The van der Waals surface area contributed by atoms with Crippen molar-refractivity contribution < 1.29 is 22.8 Å². The van der Waals surface area contributed by atoms with E-state index in [0.29, 0.717) is 13.0 Å². The lowest BCUT2D eigenvalue weighted by Gasteiger charge is -2.23. The maximum absolute atomic E-state index is 13.0. The molecule has 0 radical (unpaired) electrons. The minimum absolute atomic E-state index is 0.000928. The van der Waals surface area contributed by atoms with E-state index in [1.54, 1.807) is 0 Å². The van der Waals surface area contributed by atoms with Crippen molar-refractivity contribution in [1.82, 2.24) is 10.2 Å². The van der Waals surface area contributed by atoms with E-state index in [-0.39, 0.29) is 12.1 Å². The highest BCUT2D eigenvalue weighted by atomic mass is 19.4. The molecule has 0 unspecified atom stereocenters. The molecule has 126 valence electrons. The summed E-state index contributed by atoms with van der Waals surface area (Å²) in [5.74, 6) is -0.880. The number of benzene rings is 1. The molecule has 1 aromatic rings. The quantitative estimate of drug-likeness (QED) is 0.893. The number of urea groups is 1. The summed E-state index contributed by atoms with van der Waals surface area (Å²) in [4.78, 5) is 24.6. The number of nitrogens with one attached hydrogen (secondary N) is 1. The SMILES string of the molecule is C[C@H](NC(=O)N1CC[C@@H](C(N)=O)C1)c1ccccc1C(F)(F)F. The molecule has 1 saturated heterocycles. The Morgan fingerprint density at radius 3 is 2.57 bits per heavy atom. The molecule has 3 N–H and O–H groups in total. The third-order valence-corrected chi connectivity index (χ3v) is 3.95. The Labute approximate surface area is 131 Å². The van der Waals surface area contributed by atoms with Crippen LogP contribution in [0.25, 0.3) is 0 Å². The summed E-state index contributed by atoms with van der Waals surface area (Å²) in [6.07, 6.45) is -4.02. The van der Waals surface area contributed by atoms with E-state index >= 15 is 0 Å². The first-order chi connectivity index (χ1) is 10.7. The molecule has 3 amide bonds. The Kier molecular flexibility index (Phi) is 4.82. The van der Waals surface area contributed by atoms with Crippen molar-refractivity contribution in [3.63, 3.8) is 0 Å². The lowest BCUT2D eigenvalue weighted by Crippen LogP contribution is -2.40. The van der Waals surface area contributed by atoms with E-state index < -0.39 is 35.6 Å². The van der Waals surface area contributed by atoms with Crippen molar-refractivity contribution in [3.8, 4) is 0 Å². The zero-order valence-electron chi connectivity index (χ0n) is 12.6. The van der Waals surface area contributed by atoms with Crippen LogP contribution < -0.4 is 11.1 Å². The molecule has 0 aromatic heterocycles. The van der Waals surface area contributed by atoms with Gasteiger partial charge in [0, 0.05) is 13.1 Å². The van der Waals surface area contributed by atoms with Crippen LogP contribution in [-0.4, -0.2) is 29.9 Å². The highest BCUT2D eigenvalue weighted by Gasteiger charge is 2.35. The largest absolute Gasteiger partial charge is 0.416 e. The molecule has 1 heterocycles.